The molecule has 1 aromatic heterocycles. The Morgan fingerprint density at radius 1 is 1.39 bits per heavy atom. The molecule has 0 bridgehead atoms. The lowest BCUT2D eigenvalue weighted by Gasteiger charge is -2.08. The first-order valence-electron chi connectivity index (χ1n) is 5.35. The van der Waals surface area contributed by atoms with Crippen LogP contribution in [0.4, 0.5) is 5.69 Å². The molecule has 0 spiro atoms. The Hall–Kier alpha value is -1.22. The minimum Gasteiger partial charge on any atom is -0.396 e. The van der Waals surface area contributed by atoms with Crippen molar-refractivity contribution in [1.82, 2.24) is 9.71 Å². The van der Waals surface area contributed by atoms with Crippen LogP contribution in [0.15, 0.2) is 23.4 Å². The summed E-state index contributed by atoms with van der Waals surface area (Å²) in [5, 5.41) is -0.165. The third-order valence-electron chi connectivity index (χ3n) is 2.03. The summed E-state index contributed by atoms with van der Waals surface area (Å²) in [4.78, 5) is 3.74. The lowest BCUT2D eigenvalue weighted by atomic mass is 10.4. The SMILES string of the molecule is COCCOCCNS(=O)(=O)c1ncccc1N. The van der Waals surface area contributed by atoms with Gasteiger partial charge in [-0.25, -0.2) is 18.1 Å². The molecule has 18 heavy (non-hydrogen) atoms. The van der Waals surface area contributed by atoms with Crippen LogP contribution in [0.2, 0.25) is 0 Å². The fraction of sp³-hybridized carbons (Fsp3) is 0.500. The Balaban J connectivity index is 2.44. The van der Waals surface area contributed by atoms with E-state index in [-0.39, 0.29) is 23.9 Å². The molecule has 0 saturated heterocycles. The summed E-state index contributed by atoms with van der Waals surface area (Å²) in [7, 11) is -2.12. The van der Waals surface area contributed by atoms with Crippen LogP contribution in [0.1, 0.15) is 0 Å². The van der Waals surface area contributed by atoms with Gasteiger partial charge in [-0.3, -0.25) is 0 Å². The molecule has 1 rings (SSSR count). The average molecular weight is 275 g/mol. The van der Waals surface area contributed by atoms with E-state index in [4.69, 9.17) is 15.2 Å². The van der Waals surface area contributed by atoms with Crippen molar-refractivity contribution in [2.45, 2.75) is 5.03 Å². The summed E-state index contributed by atoms with van der Waals surface area (Å²) in [6.45, 7) is 1.31. The first kappa shape index (κ1) is 14.8. The van der Waals surface area contributed by atoms with Crippen LogP contribution < -0.4 is 10.5 Å². The number of nitrogens with two attached hydrogens (primary N) is 1. The van der Waals surface area contributed by atoms with E-state index in [9.17, 15) is 8.42 Å². The van der Waals surface area contributed by atoms with Crippen LogP contribution in [0.25, 0.3) is 0 Å². The van der Waals surface area contributed by atoms with Crippen molar-refractivity contribution in [2.24, 2.45) is 0 Å². The molecule has 8 heteroatoms. The van der Waals surface area contributed by atoms with E-state index in [1.165, 1.54) is 12.3 Å². The molecule has 1 aromatic rings. The molecule has 3 N–H and O–H groups in total. The number of pyridine rings is 1. The summed E-state index contributed by atoms with van der Waals surface area (Å²) in [6, 6.07) is 3.05. The Bertz CT molecular complexity index is 464. The van der Waals surface area contributed by atoms with Crippen molar-refractivity contribution in [3.8, 4) is 0 Å². The second-order valence-corrected chi connectivity index (χ2v) is 5.08. The second-order valence-electron chi connectivity index (χ2n) is 3.40. The molecule has 0 saturated carbocycles. The van der Waals surface area contributed by atoms with Gasteiger partial charge >= 0.3 is 0 Å². The van der Waals surface area contributed by atoms with Crippen LogP contribution in [-0.4, -0.2) is 46.9 Å². The van der Waals surface area contributed by atoms with Gasteiger partial charge in [0.05, 0.1) is 25.5 Å². The van der Waals surface area contributed by atoms with Gasteiger partial charge in [-0.2, -0.15) is 0 Å². The fourth-order valence-electron chi connectivity index (χ4n) is 1.19. The third-order valence-corrected chi connectivity index (χ3v) is 3.46. The number of methoxy groups -OCH3 is 1. The van der Waals surface area contributed by atoms with E-state index < -0.39 is 10.0 Å². The summed E-state index contributed by atoms with van der Waals surface area (Å²) in [5.41, 5.74) is 5.66. The minimum absolute atomic E-state index is 0.116. The van der Waals surface area contributed by atoms with Gasteiger partial charge in [-0.05, 0) is 12.1 Å². The number of ether oxygens (including phenoxy) is 2. The fourth-order valence-corrected chi connectivity index (χ4v) is 2.26. The van der Waals surface area contributed by atoms with Crippen molar-refractivity contribution in [2.75, 3.05) is 39.2 Å². The molecule has 0 aliphatic carbocycles. The van der Waals surface area contributed by atoms with Gasteiger partial charge in [-0.15, -0.1) is 0 Å². The van der Waals surface area contributed by atoms with Crippen molar-refractivity contribution < 1.29 is 17.9 Å². The lowest BCUT2D eigenvalue weighted by Crippen LogP contribution is -2.29. The molecule has 0 aliphatic heterocycles. The minimum atomic E-state index is -3.68. The van der Waals surface area contributed by atoms with E-state index in [1.54, 1.807) is 13.2 Å². The predicted molar refractivity (Wildman–Crippen MR) is 66.5 cm³/mol. The van der Waals surface area contributed by atoms with Gasteiger partial charge in [0.1, 0.15) is 0 Å². The van der Waals surface area contributed by atoms with Gasteiger partial charge < -0.3 is 15.2 Å². The number of nitrogens with zero attached hydrogens (tertiary/aromatic N) is 1. The van der Waals surface area contributed by atoms with Crippen LogP contribution >= 0.6 is 0 Å². The monoisotopic (exact) mass is 275 g/mol. The zero-order chi connectivity index (χ0) is 13.4. The number of rotatable bonds is 8. The predicted octanol–water partition coefficient (Wildman–Crippen LogP) is -0.395. The quantitative estimate of drug-likeness (QED) is 0.626. The van der Waals surface area contributed by atoms with Crippen LogP contribution in [0, 0.1) is 0 Å². The van der Waals surface area contributed by atoms with Crippen LogP contribution in [0.3, 0.4) is 0 Å². The van der Waals surface area contributed by atoms with Gasteiger partial charge in [0, 0.05) is 19.9 Å². The highest BCUT2D eigenvalue weighted by molar-refractivity contribution is 7.89. The Labute approximate surface area is 106 Å². The molecule has 0 amide bonds. The lowest BCUT2D eigenvalue weighted by molar-refractivity contribution is 0.0736. The molecule has 0 aliphatic rings. The molecule has 0 radical (unpaired) electrons. The van der Waals surface area contributed by atoms with E-state index in [0.29, 0.717) is 13.2 Å². The van der Waals surface area contributed by atoms with Crippen molar-refractivity contribution in [3.63, 3.8) is 0 Å². The maximum Gasteiger partial charge on any atom is 0.260 e. The smallest absolute Gasteiger partial charge is 0.260 e. The summed E-state index contributed by atoms with van der Waals surface area (Å²) in [5.74, 6) is 0. The molecule has 0 fully saturated rings. The molecule has 7 nitrogen and oxygen atoms in total. The van der Waals surface area contributed by atoms with Crippen molar-refractivity contribution in [1.29, 1.82) is 0 Å². The number of hydrogen-bond donors (Lipinski definition) is 2. The number of aromatic nitrogens is 1. The average Bonchev–Trinajstić information content (AvgIpc) is 2.34. The Kier molecular flexibility index (Phi) is 5.99. The highest BCUT2D eigenvalue weighted by atomic mass is 32.2. The number of hydrogen-bond acceptors (Lipinski definition) is 6. The standard InChI is InChI=1S/C10H17N3O4S/c1-16-7-8-17-6-5-13-18(14,15)10-9(11)3-2-4-12-10/h2-4,13H,5-8,11H2,1H3. The molecular formula is C10H17N3O4S. The van der Waals surface area contributed by atoms with Gasteiger partial charge in [0.25, 0.3) is 10.0 Å². The molecule has 102 valence electrons. The molecule has 1 heterocycles. The van der Waals surface area contributed by atoms with Crippen LogP contribution in [0.5, 0.6) is 0 Å². The second kappa shape index (κ2) is 7.27. The number of anilines is 1. The normalized spacial score (nSPS) is 11.6. The summed E-state index contributed by atoms with van der Waals surface area (Å²) >= 11 is 0. The molecule has 0 atom stereocenters. The first-order chi connectivity index (χ1) is 8.58. The summed E-state index contributed by atoms with van der Waals surface area (Å²) < 4.78 is 35.9. The largest absolute Gasteiger partial charge is 0.396 e. The van der Waals surface area contributed by atoms with E-state index in [1.807, 2.05) is 0 Å². The van der Waals surface area contributed by atoms with Crippen molar-refractivity contribution >= 4 is 15.7 Å². The highest BCUT2D eigenvalue weighted by Crippen LogP contribution is 2.12. The molecule has 0 unspecified atom stereocenters. The molecular weight excluding hydrogens is 258 g/mol. The number of nitrogen functional groups attached to an aromatic ring is 1. The maximum absolute atomic E-state index is 11.8. The van der Waals surface area contributed by atoms with Gasteiger partial charge in [-0.1, -0.05) is 0 Å². The van der Waals surface area contributed by atoms with Crippen LogP contribution in [-0.2, 0) is 19.5 Å². The van der Waals surface area contributed by atoms with E-state index in [2.05, 4.69) is 9.71 Å². The van der Waals surface area contributed by atoms with Gasteiger partial charge in [0.15, 0.2) is 5.03 Å². The first-order valence-corrected chi connectivity index (χ1v) is 6.83. The zero-order valence-electron chi connectivity index (χ0n) is 10.1. The number of sulfonamides is 1. The summed E-state index contributed by atoms with van der Waals surface area (Å²) in [6.07, 6.45) is 1.38. The zero-order valence-corrected chi connectivity index (χ0v) is 10.9. The van der Waals surface area contributed by atoms with E-state index in [0.717, 1.165) is 0 Å². The van der Waals surface area contributed by atoms with Gasteiger partial charge in [0.2, 0.25) is 0 Å². The van der Waals surface area contributed by atoms with Crippen molar-refractivity contribution in [3.05, 3.63) is 18.3 Å². The Morgan fingerprint density at radius 3 is 2.83 bits per heavy atom. The highest BCUT2D eigenvalue weighted by Gasteiger charge is 2.17. The maximum atomic E-state index is 11.8. The van der Waals surface area contributed by atoms with E-state index >= 15 is 0 Å². The Morgan fingerprint density at radius 2 is 2.17 bits per heavy atom. The third kappa shape index (κ3) is 4.57. The molecule has 0 aromatic carbocycles. The number of nitrogens with one attached hydrogen (secondary N) is 1. The topological polar surface area (TPSA) is 104 Å².